The third-order valence-corrected chi connectivity index (χ3v) is 4.14. The Labute approximate surface area is 140 Å². The summed E-state index contributed by atoms with van der Waals surface area (Å²) in [5.74, 6) is -0.233. The first kappa shape index (κ1) is 15.3. The van der Waals surface area contributed by atoms with Crippen LogP contribution in [0, 0.1) is 11.3 Å². The van der Waals surface area contributed by atoms with Crippen molar-refractivity contribution >= 4 is 21.7 Å². The Kier molecular flexibility index (Phi) is 3.29. The van der Waals surface area contributed by atoms with Gasteiger partial charge in [-0.05, 0) is 41.1 Å². The van der Waals surface area contributed by atoms with Crippen LogP contribution in [0.3, 0.4) is 0 Å². The molecule has 0 aliphatic carbocycles. The second-order valence-electron chi connectivity index (χ2n) is 5.65. The van der Waals surface area contributed by atoms with E-state index in [9.17, 15) is 13.2 Å². The summed E-state index contributed by atoms with van der Waals surface area (Å²) in [6.07, 6.45) is -4.57. The van der Waals surface area contributed by atoms with Crippen LogP contribution in [0.5, 0.6) is 0 Å². The summed E-state index contributed by atoms with van der Waals surface area (Å²) in [6, 6.07) is 18.0. The van der Waals surface area contributed by atoms with Crippen molar-refractivity contribution in [2.45, 2.75) is 6.18 Å². The Balaban J connectivity index is 2.11. The van der Waals surface area contributed by atoms with Crippen molar-refractivity contribution in [3.8, 4) is 17.4 Å². The van der Waals surface area contributed by atoms with Gasteiger partial charge in [-0.1, -0.05) is 30.3 Å². The first-order valence-electron chi connectivity index (χ1n) is 7.51. The molecule has 122 valence electrons. The molecule has 4 rings (SSSR count). The van der Waals surface area contributed by atoms with E-state index in [1.807, 2.05) is 6.07 Å². The topological polar surface area (TPSA) is 36.9 Å². The number of rotatable bonds is 1. The van der Waals surface area contributed by atoms with Gasteiger partial charge in [-0.25, -0.2) is 0 Å². The van der Waals surface area contributed by atoms with Gasteiger partial charge in [0.05, 0.1) is 11.6 Å². The third kappa shape index (κ3) is 2.43. The molecule has 2 nitrogen and oxygen atoms in total. The number of halogens is 3. The van der Waals surface area contributed by atoms with Crippen LogP contribution in [0.1, 0.15) is 11.1 Å². The van der Waals surface area contributed by atoms with E-state index in [1.165, 1.54) is 24.3 Å². The molecule has 0 spiro atoms. The minimum atomic E-state index is -4.57. The Morgan fingerprint density at radius 1 is 0.880 bits per heavy atom. The lowest BCUT2D eigenvalue weighted by atomic mass is 10.00. The summed E-state index contributed by atoms with van der Waals surface area (Å²) in [5, 5.41) is 10.1. The molecule has 0 aliphatic heterocycles. The molecule has 4 aromatic rings. The molecule has 0 radical (unpaired) electrons. The van der Waals surface area contributed by atoms with Crippen LogP contribution in [0.15, 0.2) is 65.1 Å². The maximum Gasteiger partial charge on any atom is 0.420 e. The normalized spacial score (nSPS) is 11.8. The highest BCUT2D eigenvalue weighted by atomic mass is 19.4. The molecule has 1 aromatic heterocycles. The average Bonchev–Trinajstić information content (AvgIpc) is 3.02. The molecule has 0 fully saturated rings. The second kappa shape index (κ2) is 5.38. The van der Waals surface area contributed by atoms with Crippen LogP contribution < -0.4 is 0 Å². The molecule has 5 heteroatoms. The van der Waals surface area contributed by atoms with E-state index in [0.29, 0.717) is 16.3 Å². The lowest BCUT2D eigenvalue weighted by Crippen LogP contribution is -2.05. The van der Waals surface area contributed by atoms with E-state index in [4.69, 9.17) is 9.68 Å². The van der Waals surface area contributed by atoms with Crippen molar-refractivity contribution < 1.29 is 17.6 Å². The molecule has 0 aliphatic rings. The molecule has 0 saturated heterocycles. The summed E-state index contributed by atoms with van der Waals surface area (Å²) in [7, 11) is 0. The van der Waals surface area contributed by atoms with Crippen molar-refractivity contribution in [1.82, 2.24) is 0 Å². The summed E-state index contributed by atoms with van der Waals surface area (Å²) < 4.78 is 47.2. The first-order chi connectivity index (χ1) is 12.0. The zero-order valence-corrected chi connectivity index (χ0v) is 12.8. The highest BCUT2D eigenvalue weighted by molar-refractivity contribution is 6.09. The van der Waals surface area contributed by atoms with Gasteiger partial charge >= 0.3 is 6.18 Å². The lowest BCUT2D eigenvalue weighted by Gasteiger charge is -2.08. The van der Waals surface area contributed by atoms with Crippen LogP contribution in [0.2, 0.25) is 0 Å². The Morgan fingerprint density at radius 2 is 1.60 bits per heavy atom. The summed E-state index contributed by atoms with van der Waals surface area (Å²) in [5.41, 5.74) is 0.0554. The lowest BCUT2D eigenvalue weighted by molar-refractivity contribution is -0.136. The molecule has 25 heavy (non-hydrogen) atoms. The van der Waals surface area contributed by atoms with Crippen molar-refractivity contribution in [2.75, 3.05) is 0 Å². The van der Waals surface area contributed by atoms with Crippen LogP contribution in [0.4, 0.5) is 13.2 Å². The molecule has 0 amide bonds. The fourth-order valence-corrected chi connectivity index (χ4v) is 3.04. The molecule has 0 bridgehead atoms. The number of hydrogen-bond acceptors (Lipinski definition) is 2. The van der Waals surface area contributed by atoms with Gasteiger partial charge in [0.1, 0.15) is 16.9 Å². The van der Waals surface area contributed by atoms with Crippen LogP contribution in [0.25, 0.3) is 33.1 Å². The van der Waals surface area contributed by atoms with Gasteiger partial charge in [0.15, 0.2) is 0 Å². The van der Waals surface area contributed by atoms with Gasteiger partial charge < -0.3 is 4.42 Å². The smallest absolute Gasteiger partial charge is 0.420 e. The number of nitriles is 1. The third-order valence-electron chi connectivity index (χ3n) is 4.14. The van der Waals surface area contributed by atoms with Gasteiger partial charge in [-0.3, -0.25) is 0 Å². The number of furan rings is 1. The fraction of sp³-hybridized carbons (Fsp3) is 0.0500. The molecular formula is C20H10F3NO. The van der Waals surface area contributed by atoms with Gasteiger partial charge in [0, 0.05) is 10.9 Å². The van der Waals surface area contributed by atoms with Crippen LogP contribution >= 0.6 is 0 Å². The van der Waals surface area contributed by atoms with E-state index < -0.39 is 11.7 Å². The number of alkyl halides is 3. The Morgan fingerprint density at radius 3 is 2.28 bits per heavy atom. The highest BCUT2D eigenvalue weighted by Gasteiger charge is 2.39. The Bertz CT molecular complexity index is 1130. The molecule has 0 unspecified atom stereocenters. The predicted octanol–water partition coefficient (Wildman–Crippen LogP) is 6.14. The first-order valence-corrected chi connectivity index (χ1v) is 7.51. The quantitative estimate of drug-likeness (QED) is 0.418. The maximum absolute atomic E-state index is 13.9. The van der Waals surface area contributed by atoms with Gasteiger partial charge in [0.25, 0.3) is 0 Å². The summed E-state index contributed by atoms with van der Waals surface area (Å²) in [6.45, 7) is 0. The highest BCUT2D eigenvalue weighted by Crippen LogP contribution is 2.46. The van der Waals surface area contributed by atoms with E-state index >= 15 is 0 Å². The largest absolute Gasteiger partial charge is 0.455 e. The van der Waals surface area contributed by atoms with Crippen LogP contribution in [-0.4, -0.2) is 0 Å². The fourth-order valence-electron chi connectivity index (χ4n) is 3.04. The molecular weight excluding hydrogens is 327 g/mol. The minimum Gasteiger partial charge on any atom is -0.455 e. The van der Waals surface area contributed by atoms with Crippen molar-refractivity contribution in [3.63, 3.8) is 0 Å². The van der Waals surface area contributed by atoms with E-state index in [2.05, 4.69) is 0 Å². The predicted molar refractivity (Wildman–Crippen MR) is 88.9 cm³/mol. The molecule has 0 saturated carbocycles. The molecule has 0 N–H and O–H groups in total. The summed E-state index contributed by atoms with van der Waals surface area (Å²) >= 11 is 0. The molecule has 1 heterocycles. The number of hydrogen-bond donors (Lipinski definition) is 0. The molecule has 0 atom stereocenters. The number of benzene rings is 3. The van der Waals surface area contributed by atoms with Gasteiger partial charge in [-0.2, -0.15) is 18.4 Å². The van der Waals surface area contributed by atoms with Crippen molar-refractivity contribution in [2.24, 2.45) is 0 Å². The SMILES string of the molecule is N#Cc1ccc(-c2oc3ccc4ccccc4c3c2C(F)(F)F)cc1. The zero-order valence-electron chi connectivity index (χ0n) is 12.8. The standard InChI is InChI=1S/C20H10F3NO/c21-20(22,23)18-17-15-4-2-1-3-13(15)9-10-16(17)25-19(18)14-7-5-12(11-24)6-8-14/h1-10H. The maximum atomic E-state index is 13.9. The van der Waals surface area contributed by atoms with E-state index in [0.717, 1.165) is 0 Å². The monoisotopic (exact) mass is 337 g/mol. The van der Waals surface area contributed by atoms with Gasteiger partial charge in [0.2, 0.25) is 0 Å². The second-order valence-corrected chi connectivity index (χ2v) is 5.65. The van der Waals surface area contributed by atoms with Crippen LogP contribution in [-0.2, 0) is 6.18 Å². The number of fused-ring (bicyclic) bond motifs is 3. The van der Waals surface area contributed by atoms with Crippen molar-refractivity contribution in [1.29, 1.82) is 5.26 Å². The van der Waals surface area contributed by atoms with E-state index in [-0.39, 0.29) is 22.3 Å². The zero-order chi connectivity index (χ0) is 17.6. The number of nitrogens with zero attached hydrogens (tertiary/aromatic N) is 1. The average molecular weight is 337 g/mol. The van der Waals surface area contributed by atoms with E-state index in [1.54, 1.807) is 36.4 Å². The van der Waals surface area contributed by atoms with Crippen molar-refractivity contribution in [3.05, 3.63) is 71.8 Å². The minimum absolute atomic E-state index is 0.0601. The van der Waals surface area contributed by atoms with Gasteiger partial charge in [-0.15, -0.1) is 0 Å². The molecule has 3 aromatic carbocycles. The summed E-state index contributed by atoms with van der Waals surface area (Å²) in [4.78, 5) is 0. The Hall–Kier alpha value is -3.26.